The lowest BCUT2D eigenvalue weighted by molar-refractivity contribution is -0.133. The minimum Gasteiger partial charge on any atom is -0.341 e. The smallest absolute Gasteiger partial charge is 0.222 e. The fraction of sp³-hybridized carbons (Fsp3) is 0.917. The topological polar surface area (TPSA) is 46.3 Å². The van der Waals surface area contributed by atoms with Crippen molar-refractivity contribution in [3.63, 3.8) is 0 Å². The maximum Gasteiger partial charge on any atom is 0.222 e. The third kappa shape index (κ3) is 3.63. The number of nitrogens with zero attached hydrogens (tertiary/aromatic N) is 1. The highest BCUT2D eigenvalue weighted by atomic mass is 35.5. The van der Waals surface area contributed by atoms with Crippen molar-refractivity contribution in [1.82, 2.24) is 4.90 Å². The molecule has 1 amide bonds. The van der Waals surface area contributed by atoms with E-state index in [1.807, 2.05) is 4.90 Å². The average Bonchev–Trinajstić information content (AvgIpc) is 2.70. The van der Waals surface area contributed by atoms with Gasteiger partial charge in [-0.2, -0.15) is 0 Å². The van der Waals surface area contributed by atoms with Crippen molar-refractivity contribution in [3.05, 3.63) is 0 Å². The largest absolute Gasteiger partial charge is 0.341 e. The van der Waals surface area contributed by atoms with Gasteiger partial charge in [-0.3, -0.25) is 4.79 Å². The number of halogens is 1. The van der Waals surface area contributed by atoms with Crippen molar-refractivity contribution >= 4 is 18.3 Å². The Kier molecular flexibility index (Phi) is 5.56. The Morgan fingerprint density at radius 1 is 1.19 bits per heavy atom. The Hall–Kier alpha value is -0.280. The van der Waals surface area contributed by atoms with Gasteiger partial charge in [-0.15, -0.1) is 12.4 Å². The standard InChI is InChI=1S/C12H22N2O.ClH/c13-11-6-3-7-14(9-11)12(15)8-10-4-1-2-5-10;/h10-11H,1-9,13H2;1H/t11-;/m1./s1. The lowest BCUT2D eigenvalue weighted by Gasteiger charge is -2.31. The molecule has 0 aromatic rings. The van der Waals surface area contributed by atoms with Gasteiger partial charge in [-0.1, -0.05) is 12.8 Å². The van der Waals surface area contributed by atoms with Crippen molar-refractivity contribution in [2.24, 2.45) is 11.7 Å². The monoisotopic (exact) mass is 246 g/mol. The number of carbonyl (C=O) groups excluding carboxylic acids is 1. The van der Waals surface area contributed by atoms with Crippen molar-refractivity contribution in [2.75, 3.05) is 13.1 Å². The van der Waals surface area contributed by atoms with Gasteiger partial charge in [0.1, 0.15) is 0 Å². The lowest BCUT2D eigenvalue weighted by atomic mass is 10.0. The Balaban J connectivity index is 0.00000128. The van der Waals surface area contributed by atoms with E-state index >= 15 is 0 Å². The highest BCUT2D eigenvalue weighted by Gasteiger charge is 2.25. The molecule has 1 atom stereocenters. The summed E-state index contributed by atoms with van der Waals surface area (Å²) in [6, 6.07) is 0.214. The molecule has 1 saturated heterocycles. The van der Waals surface area contributed by atoms with Crippen LogP contribution in [0, 0.1) is 5.92 Å². The average molecular weight is 247 g/mol. The fourth-order valence-electron chi connectivity index (χ4n) is 2.83. The first kappa shape index (κ1) is 13.8. The van der Waals surface area contributed by atoms with Crippen molar-refractivity contribution < 1.29 is 4.79 Å². The molecular formula is C12H23ClN2O. The second-order valence-electron chi connectivity index (χ2n) is 5.10. The maximum absolute atomic E-state index is 12.0. The van der Waals surface area contributed by atoms with Crippen LogP contribution in [0.25, 0.3) is 0 Å². The minimum atomic E-state index is 0. The number of nitrogens with two attached hydrogens (primary N) is 1. The molecule has 2 fully saturated rings. The fourth-order valence-corrected chi connectivity index (χ4v) is 2.83. The van der Waals surface area contributed by atoms with E-state index in [2.05, 4.69) is 0 Å². The zero-order valence-corrected chi connectivity index (χ0v) is 10.7. The van der Waals surface area contributed by atoms with Gasteiger partial charge in [0.05, 0.1) is 0 Å². The van der Waals surface area contributed by atoms with E-state index in [-0.39, 0.29) is 18.4 Å². The summed E-state index contributed by atoms with van der Waals surface area (Å²) < 4.78 is 0. The Bertz CT molecular complexity index is 229. The van der Waals surface area contributed by atoms with Crippen molar-refractivity contribution in [1.29, 1.82) is 0 Å². The summed E-state index contributed by atoms with van der Waals surface area (Å²) in [6.45, 7) is 1.71. The highest BCUT2D eigenvalue weighted by molar-refractivity contribution is 5.85. The first-order valence-electron chi connectivity index (χ1n) is 6.29. The summed E-state index contributed by atoms with van der Waals surface area (Å²) in [5, 5.41) is 0. The predicted molar refractivity (Wildman–Crippen MR) is 67.6 cm³/mol. The van der Waals surface area contributed by atoms with Crippen LogP contribution >= 0.6 is 12.4 Å². The van der Waals surface area contributed by atoms with Crippen LogP contribution in [-0.4, -0.2) is 29.9 Å². The summed E-state index contributed by atoms with van der Waals surface area (Å²) >= 11 is 0. The molecular weight excluding hydrogens is 224 g/mol. The number of hydrogen-bond donors (Lipinski definition) is 1. The summed E-state index contributed by atoms with van der Waals surface area (Å²) in [6.07, 6.45) is 8.07. The van der Waals surface area contributed by atoms with Crippen LogP contribution in [0.1, 0.15) is 44.9 Å². The number of carbonyl (C=O) groups is 1. The number of hydrogen-bond acceptors (Lipinski definition) is 2. The highest BCUT2D eigenvalue weighted by Crippen LogP contribution is 2.28. The predicted octanol–water partition coefficient (Wildman–Crippen LogP) is 1.94. The van der Waals surface area contributed by atoms with Crippen LogP contribution in [-0.2, 0) is 4.79 Å². The molecule has 1 aliphatic heterocycles. The van der Waals surface area contributed by atoms with Crippen LogP contribution in [0.2, 0.25) is 0 Å². The van der Waals surface area contributed by atoms with Gasteiger partial charge in [-0.25, -0.2) is 0 Å². The van der Waals surface area contributed by atoms with Crippen LogP contribution in [0.15, 0.2) is 0 Å². The first-order chi connectivity index (χ1) is 7.25. The number of rotatable bonds is 2. The van der Waals surface area contributed by atoms with E-state index in [9.17, 15) is 4.79 Å². The van der Waals surface area contributed by atoms with Crippen LogP contribution in [0.3, 0.4) is 0 Å². The summed E-state index contributed by atoms with van der Waals surface area (Å²) in [4.78, 5) is 13.9. The molecule has 0 spiro atoms. The molecule has 16 heavy (non-hydrogen) atoms. The van der Waals surface area contributed by atoms with Gasteiger partial charge in [-0.05, 0) is 31.6 Å². The summed E-state index contributed by atoms with van der Waals surface area (Å²) in [5.74, 6) is 1.01. The molecule has 3 nitrogen and oxygen atoms in total. The van der Waals surface area contributed by atoms with Gasteiger partial charge in [0.25, 0.3) is 0 Å². The van der Waals surface area contributed by atoms with E-state index < -0.39 is 0 Å². The quantitative estimate of drug-likeness (QED) is 0.810. The van der Waals surface area contributed by atoms with Gasteiger partial charge in [0.15, 0.2) is 0 Å². The summed E-state index contributed by atoms with van der Waals surface area (Å²) in [5.41, 5.74) is 5.88. The molecule has 2 N–H and O–H groups in total. The molecule has 0 aromatic heterocycles. The van der Waals surface area contributed by atoms with Gasteiger partial charge >= 0.3 is 0 Å². The maximum atomic E-state index is 12.0. The Morgan fingerprint density at radius 2 is 1.88 bits per heavy atom. The molecule has 0 aromatic carbocycles. The van der Waals surface area contributed by atoms with Crippen molar-refractivity contribution in [2.45, 2.75) is 51.0 Å². The van der Waals surface area contributed by atoms with Crippen LogP contribution in [0.5, 0.6) is 0 Å². The molecule has 2 aliphatic rings. The first-order valence-corrected chi connectivity index (χ1v) is 6.29. The third-order valence-corrected chi connectivity index (χ3v) is 3.75. The Labute approximate surface area is 104 Å². The Morgan fingerprint density at radius 3 is 2.50 bits per heavy atom. The zero-order valence-electron chi connectivity index (χ0n) is 9.86. The molecule has 0 bridgehead atoms. The summed E-state index contributed by atoms with van der Waals surface area (Å²) in [7, 11) is 0. The molecule has 1 saturated carbocycles. The van der Waals surface area contributed by atoms with E-state index in [1.165, 1.54) is 25.7 Å². The number of piperidine rings is 1. The number of amides is 1. The normalized spacial score (nSPS) is 26.6. The van der Waals surface area contributed by atoms with E-state index in [0.29, 0.717) is 11.8 Å². The molecule has 1 heterocycles. The van der Waals surface area contributed by atoms with Gasteiger partial charge in [0.2, 0.25) is 5.91 Å². The second kappa shape index (κ2) is 6.45. The zero-order chi connectivity index (χ0) is 10.7. The van der Waals surface area contributed by atoms with Crippen LogP contribution in [0.4, 0.5) is 0 Å². The molecule has 0 unspecified atom stereocenters. The lowest BCUT2D eigenvalue weighted by Crippen LogP contribution is -2.46. The van der Waals surface area contributed by atoms with Gasteiger partial charge in [0, 0.05) is 25.6 Å². The van der Waals surface area contributed by atoms with E-state index in [1.54, 1.807) is 0 Å². The number of likely N-dealkylation sites (tertiary alicyclic amines) is 1. The molecule has 94 valence electrons. The molecule has 0 radical (unpaired) electrons. The van der Waals surface area contributed by atoms with Crippen LogP contribution < -0.4 is 5.73 Å². The minimum absolute atomic E-state index is 0. The SMILES string of the molecule is Cl.N[C@@H]1CCCN(C(=O)CC2CCCC2)C1. The van der Waals surface area contributed by atoms with E-state index in [4.69, 9.17) is 5.73 Å². The second-order valence-corrected chi connectivity index (χ2v) is 5.10. The molecule has 4 heteroatoms. The molecule has 2 rings (SSSR count). The van der Waals surface area contributed by atoms with Crippen molar-refractivity contribution in [3.8, 4) is 0 Å². The molecule has 1 aliphatic carbocycles. The third-order valence-electron chi connectivity index (χ3n) is 3.75. The van der Waals surface area contributed by atoms with Gasteiger partial charge < -0.3 is 10.6 Å². The van der Waals surface area contributed by atoms with E-state index in [0.717, 1.165) is 32.4 Å².